The summed E-state index contributed by atoms with van der Waals surface area (Å²) in [6.45, 7) is 3.43. The maximum atomic E-state index is 10.7. The molecule has 1 heterocycles. The molecule has 0 fully saturated rings. The van der Waals surface area contributed by atoms with Crippen LogP contribution in [0.25, 0.3) is 0 Å². The predicted octanol–water partition coefficient (Wildman–Crippen LogP) is 1.27. The van der Waals surface area contributed by atoms with Gasteiger partial charge in [-0.15, -0.1) is 0 Å². The van der Waals surface area contributed by atoms with Crippen LogP contribution in [0.1, 0.15) is 25.5 Å². The topological polar surface area (TPSA) is 84.9 Å². The largest absolute Gasteiger partial charge is 0.463 e. The molecule has 2 N–H and O–H groups in total. The van der Waals surface area contributed by atoms with E-state index in [4.69, 9.17) is 14.0 Å². The van der Waals surface area contributed by atoms with Crippen LogP contribution >= 0.6 is 0 Å². The average Bonchev–Trinajstić information content (AvgIpc) is 2.23. The van der Waals surface area contributed by atoms with Gasteiger partial charge in [-0.1, -0.05) is 18.2 Å². The molecule has 0 amide bonds. The molecule has 2 rings (SSSR count). The molecule has 1 atom stereocenters. The van der Waals surface area contributed by atoms with Crippen LogP contribution in [0.3, 0.4) is 0 Å². The summed E-state index contributed by atoms with van der Waals surface area (Å²) in [5.41, 5.74) is 0.743. The van der Waals surface area contributed by atoms with Crippen molar-refractivity contribution in [3.63, 3.8) is 0 Å². The summed E-state index contributed by atoms with van der Waals surface area (Å²) < 4.78 is 43.4. The number of para-hydroxylation sites is 1. The smallest absolute Gasteiger partial charge is 0.333 e. The van der Waals surface area contributed by atoms with Gasteiger partial charge in [0.25, 0.3) is 0 Å². The van der Waals surface area contributed by atoms with Gasteiger partial charge in [0.05, 0.1) is 0 Å². The first kappa shape index (κ1) is 13.3. The summed E-state index contributed by atoms with van der Waals surface area (Å²) in [5.74, 6) is -0.198. The van der Waals surface area contributed by atoms with Crippen molar-refractivity contribution in [3.05, 3.63) is 29.8 Å². The summed E-state index contributed by atoms with van der Waals surface area (Å²) >= 11 is 0. The number of nitrogens with one attached hydrogen (secondary N) is 1. The summed E-state index contributed by atoms with van der Waals surface area (Å²) in [5, 5.41) is 0. The highest BCUT2D eigenvalue weighted by molar-refractivity contribution is 7.83. The second kappa shape index (κ2) is 4.51. The fourth-order valence-corrected chi connectivity index (χ4v) is 2.23. The van der Waals surface area contributed by atoms with Crippen LogP contribution in [0.5, 0.6) is 5.75 Å². The lowest BCUT2D eigenvalue weighted by atomic mass is 10.1. The van der Waals surface area contributed by atoms with Crippen LogP contribution < -0.4 is 9.46 Å². The quantitative estimate of drug-likeness (QED) is 0.810. The minimum atomic E-state index is -4.23. The van der Waals surface area contributed by atoms with E-state index in [9.17, 15) is 8.42 Å². The molecule has 0 radical (unpaired) electrons. The van der Waals surface area contributed by atoms with Crippen LogP contribution in [-0.4, -0.2) is 25.3 Å². The van der Waals surface area contributed by atoms with Gasteiger partial charge in [0.2, 0.25) is 5.79 Å². The van der Waals surface area contributed by atoms with E-state index in [0.29, 0.717) is 5.75 Å². The monoisotopic (exact) mass is 273 g/mol. The fourth-order valence-electron chi connectivity index (χ4n) is 1.87. The van der Waals surface area contributed by atoms with E-state index >= 15 is 0 Å². The number of hydrogen-bond donors (Lipinski definition) is 2. The van der Waals surface area contributed by atoms with Gasteiger partial charge in [0, 0.05) is 26.0 Å². The van der Waals surface area contributed by atoms with Crippen LogP contribution in [0.2, 0.25) is 0 Å². The molecular weight excluding hydrogens is 258 g/mol. The zero-order valence-electron chi connectivity index (χ0n) is 10.1. The lowest BCUT2D eigenvalue weighted by Crippen LogP contribution is -2.41. The molecule has 1 aromatic carbocycles. The Kier molecular flexibility index (Phi) is 3.33. The molecule has 0 unspecified atom stereocenters. The van der Waals surface area contributed by atoms with Crippen molar-refractivity contribution in [2.75, 3.05) is 6.54 Å². The molecule has 18 heavy (non-hydrogen) atoms. The molecule has 100 valence electrons. The van der Waals surface area contributed by atoms with Crippen molar-refractivity contribution >= 4 is 10.3 Å². The molecule has 0 aliphatic carbocycles. The van der Waals surface area contributed by atoms with E-state index in [2.05, 4.69) is 0 Å². The van der Waals surface area contributed by atoms with Crippen molar-refractivity contribution in [2.45, 2.75) is 25.7 Å². The predicted molar refractivity (Wildman–Crippen MR) is 64.5 cm³/mol. The van der Waals surface area contributed by atoms with Gasteiger partial charge >= 0.3 is 10.3 Å². The summed E-state index contributed by atoms with van der Waals surface area (Å²) in [6.07, 6.45) is -0.508. The molecule has 0 spiro atoms. The van der Waals surface area contributed by atoms with E-state index in [1.807, 2.05) is 16.9 Å². The second-order valence-electron chi connectivity index (χ2n) is 4.47. The Labute approximate surface area is 106 Å². The lowest BCUT2D eigenvalue weighted by Gasteiger charge is -2.37. The van der Waals surface area contributed by atoms with Gasteiger partial charge in [0.15, 0.2) is 0 Å². The first-order valence-electron chi connectivity index (χ1n) is 5.45. The maximum absolute atomic E-state index is 10.7. The van der Waals surface area contributed by atoms with Gasteiger partial charge in [-0.05, 0) is 6.07 Å². The Morgan fingerprint density at radius 3 is 2.72 bits per heavy atom. The fraction of sp³-hybridized carbons (Fsp3) is 0.455. The molecule has 0 saturated carbocycles. The second-order valence-corrected chi connectivity index (χ2v) is 5.71. The van der Waals surface area contributed by atoms with Gasteiger partial charge in [-0.2, -0.15) is 13.1 Å². The molecule has 6 nitrogen and oxygen atoms in total. The average molecular weight is 273 g/mol. The Bertz CT molecular complexity index is 540. The highest BCUT2D eigenvalue weighted by atomic mass is 32.2. The van der Waals surface area contributed by atoms with E-state index in [1.54, 1.807) is 26.0 Å². The maximum Gasteiger partial charge on any atom is 0.333 e. The summed E-state index contributed by atoms with van der Waals surface area (Å²) in [4.78, 5) is 0. The standard InChI is InChI=1S/C11H15NO5S/c1-11(2)16-9-6-4-3-5-8(9)10(17-11)7-12-18(13,14)15/h3-6,10,12H,7H2,1-2H3,(H,13,14,15)/t10-/m0/s1. The van der Waals surface area contributed by atoms with Crippen LogP contribution in [-0.2, 0) is 15.0 Å². The Balaban J connectivity index is 2.25. The van der Waals surface area contributed by atoms with Gasteiger partial charge in [-0.3, -0.25) is 4.55 Å². The lowest BCUT2D eigenvalue weighted by molar-refractivity contribution is -0.204. The molecular formula is C11H15NO5S. The zero-order chi connectivity index (χ0) is 13.4. The van der Waals surface area contributed by atoms with E-state index in [0.717, 1.165) is 5.56 Å². The van der Waals surface area contributed by atoms with E-state index in [-0.39, 0.29) is 6.54 Å². The van der Waals surface area contributed by atoms with Crippen LogP contribution in [0, 0.1) is 0 Å². The first-order chi connectivity index (χ1) is 8.27. The number of fused-ring (bicyclic) bond motifs is 1. The minimum absolute atomic E-state index is 0.0529. The third-order valence-corrected chi connectivity index (χ3v) is 3.03. The summed E-state index contributed by atoms with van der Waals surface area (Å²) in [7, 11) is -4.23. The molecule has 1 aliphatic heterocycles. The molecule has 0 aromatic heterocycles. The number of hydrogen-bond acceptors (Lipinski definition) is 4. The highest BCUT2D eigenvalue weighted by Crippen LogP contribution is 2.37. The normalized spacial score (nSPS) is 22.1. The number of ether oxygens (including phenoxy) is 2. The first-order valence-corrected chi connectivity index (χ1v) is 6.89. The van der Waals surface area contributed by atoms with Crippen LogP contribution in [0.15, 0.2) is 24.3 Å². The van der Waals surface area contributed by atoms with Crippen molar-refractivity contribution in [3.8, 4) is 5.75 Å². The third-order valence-electron chi connectivity index (χ3n) is 2.50. The van der Waals surface area contributed by atoms with Crippen molar-refractivity contribution < 1.29 is 22.4 Å². The molecule has 0 bridgehead atoms. The highest BCUT2D eigenvalue weighted by Gasteiger charge is 2.34. The Morgan fingerprint density at radius 2 is 2.06 bits per heavy atom. The van der Waals surface area contributed by atoms with Gasteiger partial charge in [-0.25, -0.2) is 0 Å². The van der Waals surface area contributed by atoms with Gasteiger partial charge < -0.3 is 9.47 Å². The molecule has 7 heteroatoms. The van der Waals surface area contributed by atoms with Crippen LogP contribution in [0.4, 0.5) is 0 Å². The Morgan fingerprint density at radius 1 is 1.39 bits per heavy atom. The van der Waals surface area contributed by atoms with Crippen molar-refractivity contribution in [2.24, 2.45) is 0 Å². The third kappa shape index (κ3) is 3.20. The van der Waals surface area contributed by atoms with Gasteiger partial charge in [0.1, 0.15) is 11.9 Å². The van der Waals surface area contributed by atoms with Crippen molar-refractivity contribution in [1.29, 1.82) is 0 Å². The molecule has 1 aromatic rings. The minimum Gasteiger partial charge on any atom is -0.463 e. The van der Waals surface area contributed by atoms with E-state index in [1.165, 1.54) is 0 Å². The summed E-state index contributed by atoms with van der Waals surface area (Å²) in [6, 6.07) is 7.22. The number of benzene rings is 1. The number of rotatable bonds is 3. The Hall–Kier alpha value is -1.15. The van der Waals surface area contributed by atoms with E-state index < -0.39 is 22.2 Å². The SMILES string of the molecule is CC1(C)Oc2ccccc2[C@H](CNS(=O)(=O)O)O1. The van der Waals surface area contributed by atoms with Crippen molar-refractivity contribution in [1.82, 2.24) is 4.72 Å². The zero-order valence-corrected chi connectivity index (χ0v) is 10.9. The molecule has 0 saturated heterocycles. The molecule has 1 aliphatic rings.